The lowest BCUT2D eigenvalue weighted by molar-refractivity contribution is 0.668. The summed E-state index contributed by atoms with van der Waals surface area (Å²) in [4.78, 5) is 5.35. The van der Waals surface area contributed by atoms with E-state index in [1.807, 2.05) is 24.3 Å². The number of nitrogens with zero attached hydrogens (tertiary/aromatic N) is 1. The van der Waals surface area contributed by atoms with Crippen LogP contribution in [0.4, 0.5) is 0 Å². The number of hydrogen-bond donors (Lipinski definition) is 0. The average molecular weight is 472 g/mol. The molecular weight excluding hydrogens is 450 g/mol. The summed E-state index contributed by atoms with van der Waals surface area (Å²) in [5.41, 5.74) is 6.84. The van der Waals surface area contributed by atoms with Gasteiger partial charge in [0, 0.05) is 16.5 Å². The van der Waals surface area contributed by atoms with E-state index < -0.39 is 0 Å². The van der Waals surface area contributed by atoms with Crippen LogP contribution < -0.4 is 0 Å². The summed E-state index contributed by atoms with van der Waals surface area (Å²) in [7, 11) is 0. The molecule has 0 unspecified atom stereocenters. The molecule has 2 heteroatoms. The summed E-state index contributed by atoms with van der Waals surface area (Å²) < 4.78 is 6.26. The number of rotatable bonds is 2. The van der Waals surface area contributed by atoms with Crippen molar-refractivity contribution in [2.24, 2.45) is 0 Å². The number of pyridine rings is 1. The number of aromatic nitrogens is 1. The fraction of sp³-hybridized carbons (Fsp3) is 0. The normalized spacial score (nSPS) is 11.8. The van der Waals surface area contributed by atoms with Crippen molar-refractivity contribution in [1.82, 2.24) is 4.98 Å². The lowest BCUT2D eigenvalue weighted by Gasteiger charge is -2.16. The smallest absolute Gasteiger partial charge is 0.154 e. The Morgan fingerprint density at radius 3 is 1.73 bits per heavy atom. The maximum atomic E-state index is 6.26. The van der Waals surface area contributed by atoms with Crippen molar-refractivity contribution in [1.29, 1.82) is 0 Å². The van der Waals surface area contributed by atoms with Gasteiger partial charge < -0.3 is 4.42 Å². The molecule has 2 nitrogen and oxygen atoms in total. The first-order valence-corrected chi connectivity index (χ1v) is 12.6. The Kier molecular flexibility index (Phi) is 4.26. The van der Waals surface area contributed by atoms with Gasteiger partial charge >= 0.3 is 0 Å². The molecule has 0 N–H and O–H groups in total. The average Bonchev–Trinajstić information content (AvgIpc) is 3.34. The second-order valence-corrected chi connectivity index (χ2v) is 9.51. The number of furan rings is 1. The molecule has 0 amide bonds. The molecule has 8 aromatic rings. The van der Waals surface area contributed by atoms with Crippen molar-refractivity contribution in [2.45, 2.75) is 0 Å². The Bertz CT molecular complexity index is 2090. The minimum atomic E-state index is 0.805. The Balaban J connectivity index is 1.58. The Labute approximate surface area is 213 Å². The summed E-state index contributed by atoms with van der Waals surface area (Å²) in [6, 6.07) is 44.8. The lowest BCUT2D eigenvalue weighted by Crippen LogP contribution is -1.93. The summed E-state index contributed by atoms with van der Waals surface area (Å²) in [6.45, 7) is 0. The van der Waals surface area contributed by atoms with Gasteiger partial charge in [-0.1, -0.05) is 109 Å². The Hall–Kier alpha value is -4.95. The molecule has 2 heterocycles. The molecule has 0 bridgehead atoms. The summed E-state index contributed by atoms with van der Waals surface area (Å²) in [6.07, 6.45) is 0. The van der Waals surface area contributed by atoms with Gasteiger partial charge in [0.15, 0.2) is 5.58 Å². The largest absolute Gasteiger partial charge is 0.454 e. The van der Waals surface area contributed by atoms with Gasteiger partial charge in [0.05, 0.1) is 5.69 Å². The van der Waals surface area contributed by atoms with E-state index in [-0.39, 0.29) is 0 Å². The fourth-order valence-corrected chi connectivity index (χ4v) is 5.83. The highest BCUT2D eigenvalue weighted by Gasteiger charge is 2.19. The second-order valence-electron chi connectivity index (χ2n) is 9.51. The van der Waals surface area contributed by atoms with E-state index in [4.69, 9.17) is 9.40 Å². The van der Waals surface area contributed by atoms with Crippen molar-refractivity contribution in [3.05, 3.63) is 127 Å². The van der Waals surface area contributed by atoms with Crippen molar-refractivity contribution < 1.29 is 4.42 Å². The van der Waals surface area contributed by atoms with E-state index in [0.29, 0.717) is 0 Å². The predicted molar refractivity (Wildman–Crippen MR) is 155 cm³/mol. The molecule has 0 aliphatic heterocycles. The fourth-order valence-electron chi connectivity index (χ4n) is 5.83. The molecule has 172 valence electrons. The predicted octanol–water partition coefficient (Wildman–Crippen LogP) is 9.77. The first-order valence-electron chi connectivity index (χ1n) is 12.6. The maximum Gasteiger partial charge on any atom is 0.154 e. The molecule has 0 fully saturated rings. The van der Waals surface area contributed by atoms with Crippen molar-refractivity contribution >= 4 is 54.4 Å². The van der Waals surface area contributed by atoms with Crippen LogP contribution in [0.3, 0.4) is 0 Å². The van der Waals surface area contributed by atoms with Crippen LogP contribution in [-0.2, 0) is 0 Å². The summed E-state index contributed by atoms with van der Waals surface area (Å²) >= 11 is 0. The quantitative estimate of drug-likeness (QED) is 0.235. The van der Waals surface area contributed by atoms with Gasteiger partial charge in [-0.3, -0.25) is 0 Å². The molecule has 0 atom stereocenters. The highest BCUT2D eigenvalue weighted by atomic mass is 16.3. The lowest BCUT2D eigenvalue weighted by atomic mass is 9.89. The summed E-state index contributed by atoms with van der Waals surface area (Å²) in [5.74, 6) is 0. The first kappa shape index (κ1) is 20.3. The maximum absolute atomic E-state index is 6.26. The zero-order chi connectivity index (χ0) is 24.3. The van der Waals surface area contributed by atoms with E-state index in [1.165, 1.54) is 32.3 Å². The van der Waals surface area contributed by atoms with Crippen molar-refractivity contribution in [3.63, 3.8) is 0 Å². The van der Waals surface area contributed by atoms with Crippen LogP contribution in [-0.4, -0.2) is 4.98 Å². The molecular formula is C35H21NO. The van der Waals surface area contributed by atoms with Crippen LogP contribution in [0.25, 0.3) is 76.8 Å². The number of hydrogen-bond acceptors (Lipinski definition) is 2. The van der Waals surface area contributed by atoms with E-state index in [2.05, 4.69) is 103 Å². The second kappa shape index (κ2) is 7.78. The van der Waals surface area contributed by atoms with Gasteiger partial charge in [-0.15, -0.1) is 0 Å². The van der Waals surface area contributed by atoms with Crippen LogP contribution >= 0.6 is 0 Å². The molecule has 0 spiro atoms. The zero-order valence-electron chi connectivity index (χ0n) is 20.0. The first-order chi connectivity index (χ1) is 18.4. The highest BCUT2D eigenvalue weighted by molar-refractivity contribution is 6.28. The van der Waals surface area contributed by atoms with Gasteiger partial charge in [-0.2, -0.15) is 0 Å². The van der Waals surface area contributed by atoms with Gasteiger partial charge in [-0.05, 0) is 56.1 Å². The van der Waals surface area contributed by atoms with E-state index >= 15 is 0 Å². The van der Waals surface area contributed by atoms with Crippen LogP contribution in [0.15, 0.2) is 132 Å². The minimum absolute atomic E-state index is 0.805. The van der Waals surface area contributed by atoms with E-state index in [9.17, 15) is 0 Å². The van der Waals surface area contributed by atoms with Gasteiger partial charge in [0.2, 0.25) is 0 Å². The highest BCUT2D eigenvalue weighted by Crippen LogP contribution is 2.43. The molecule has 37 heavy (non-hydrogen) atoms. The van der Waals surface area contributed by atoms with Gasteiger partial charge in [0.25, 0.3) is 0 Å². The molecule has 0 saturated carbocycles. The minimum Gasteiger partial charge on any atom is -0.454 e. The Morgan fingerprint density at radius 2 is 1.00 bits per heavy atom. The van der Waals surface area contributed by atoms with E-state index in [0.717, 1.165) is 44.5 Å². The van der Waals surface area contributed by atoms with Crippen molar-refractivity contribution in [2.75, 3.05) is 0 Å². The van der Waals surface area contributed by atoms with Gasteiger partial charge in [0.1, 0.15) is 11.1 Å². The standard InChI is InChI=1S/C35H21NO/c1-2-11-22(12-3-1)30-21-32-35(28-17-8-9-20-31(28)37-32)36-34(30)29-19-10-18-27-25-14-5-4-13-23(25)24-15-6-7-16-26(24)33(27)29/h1-21H. The topological polar surface area (TPSA) is 26.0 Å². The van der Waals surface area contributed by atoms with Crippen LogP contribution in [0.1, 0.15) is 0 Å². The third-order valence-electron chi connectivity index (χ3n) is 7.46. The molecule has 0 radical (unpaired) electrons. The van der Waals surface area contributed by atoms with Crippen LogP contribution in [0.5, 0.6) is 0 Å². The van der Waals surface area contributed by atoms with Crippen LogP contribution in [0.2, 0.25) is 0 Å². The zero-order valence-corrected chi connectivity index (χ0v) is 20.0. The molecule has 6 aromatic carbocycles. The van der Waals surface area contributed by atoms with Gasteiger partial charge in [-0.25, -0.2) is 4.98 Å². The number of para-hydroxylation sites is 1. The Morgan fingerprint density at radius 1 is 0.432 bits per heavy atom. The monoisotopic (exact) mass is 471 g/mol. The molecule has 0 aliphatic rings. The summed E-state index contributed by atoms with van der Waals surface area (Å²) in [5, 5.41) is 8.54. The van der Waals surface area contributed by atoms with E-state index in [1.54, 1.807) is 0 Å². The SMILES string of the molecule is c1ccc(-c2cc3oc4ccccc4c3nc2-c2cccc3c4ccccc4c4ccccc4c23)cc1. The third-order valence-corrected chi connectivity index (χ3v) is 7.46. The van der Waals surface area contributed by atoms with Crippen LogP contribution in [0, 0.1) is 0 Å². The molecule has 2 aromatic heterocycles. The molecule has 0 saturated heterocycles. The number of benzene rings is 6. The molecule has 0 aliphatic carbocycles. The number of fused-ring (bicyclic) bond motifs is 9. The van der Waals surface area contributed by atoms with Crippen molar-refractivity contribution in [3.8, 4) is 22.4 Å². The molecule has 8 rings (SSSR count). The third kappa shape index (κ3) is 2.96.